The Hall–Kier alpha value is -0.830. The second kappa shape index (κ2) is 4.58. The Morgan fingerprint density at radius 2 is 2.06 bits per heavy atom. The Morgan fingerprint density at radius 3 is 2.94 bits per heavy atom. The van der Waals surface area contributed by atoms with E-state index in [9.17, 15) is 0 Å². The fourth-order valence-electron chi connectivity index (χ4n) is 2.59. The smallest absolute Gasteiger partial charge is 0.0794 e. The summed E-state index contributed by atoms with van der Waals surface area (Å²) in [5, 5.41) is 11.2. The highest BCUT2D eigenvalue weighted by Gasteiger charge is 2.21. The molecule has 1 aromatic rings. The van der Waals surface area contributed by atoms with Crippen molar-refractivity contribution in [3.63, 3.8) is 0 Å². The summed E-state index contributed by atoms with van der Waals surface area (Å²) in [6.45, 7) is 2.14. The summed E-state index contributed by atoms with van der Waals surface area (Å²) in [5.41, 5.74) is 4.19. The number of hydrogen-bond acceptors (Lipinski definition) is 2. The summed E-state index contributed by atoms with van der Waals surface area (Å²) in [6.07, 6.45) is 9.30. The Balaban J connectivity index is 1.62. The van der Waals surface area contributed by atoms with E-state index >= 15 is 0 Å². The van der Waals surface area contributed by atoms with Gasteiger partial charge in [0, 0.05) is 12.2 Å². The SMILES string of the molecule is C1CCc2[nH]nc(CNCC3CC3)c2CC1. The second-order valence-corrected chi connectivity index (χ2v) is 5.26. The molecule has 3 rings (SSSR count). The maximum Gasteiger partial charge on any atom is 0.0794 e. The summed E-state index contributed by atoms with van der Waals surface area (Å²) in [6, 6.07) is 0. The molecule has 1 aromatic heterocycles. The van der Waals surface area contributed by atoms with Crippen LogP contribution >= 0.6 is 0 Å². The van der Waals surface area contributed by atoms with Crippen LogP contribution in [0.15, 0.2) is 0 Å². The van der Waals surface area contributed by atoms with Gasteiger partial charge in [0.1, 0.15) is 0 Å². The number of aromatic amines is 1. The zero-order valence-electron chi connectivity index (χ0n) is 9.89. The molecule has 2 N–H and O–H groups in total. The maximum absolute atomic E-state index is 4.47. The number of aromatic nitrogens is 2. The monoisotopic (exact) mass is 219 g/mol. The van der Waals surface area contributed by atoms with Crippen molar-refractivity contribution < 1.29 is 0 Å². The molecule has 0 bridgehead atoms. The molecule has 1 heterocycles. The van der Waals surface area contributed by atoms with Gasteiger partial charge in [0.2, 0.25) is 0 Å². The molecule has 0 aromatic carbocycles. The number of hydrogen-bond donors (Lipinski definition) is 2. The van der Waals surface area contributed by atoms with Gasteiger partial charge in [-0.25, -0.2) is 0 Å². The zero-order valence-corrected chi connectivity index (χ0v) is 9.89. The van der Waals surface area contributed by atoms with Crippen molar-refractivity contribution in [1.29, 1.82) is 0 Å². The number of H-pyrrole nitrogens is 1. The minimum Gasteiger partial charge on any atom is -0.311 e. The first-order valence-corrected chi connectivity index (χ1v) is 6.69. The fraction of sp³-hybridized carbons (Fsp3) is 0.769. The predicted molar refractivity (Wildman–Crippen MR) is 64.3 cm³/mol. The van der Waals surface area contributed by atoms with E-state index in [2.05, 4.69) is 15.5 Å². The maximum atomic E-state index is 4.47. The van der Waals surface area contributed by atoms with Gasteiger partial charge in [-0.2, -0.15) is 5.10 Å². The van der Waals surface area contributed by atoms with Crippen LogP contribution in [0.3, 0.4) is 0 Å². The Bertz CT molecular complexity index is 352. The molecular weight excluding hydrogens is 198 g/mol. The largest absolute Gasteiger partial charge is 0.311 e. The van der Waals surface area contributed by atoms with Crippen molar-refractivity contribution in [2.45, 2.75) is 51.5 Å². The van der Waals surface area contributed by atoms with Crippen molar-refractivity contribution >= 4 is 0 Å². The van der Waals surface area contributed by atoms with E-state index in [0.717, 1.165) is 12.5 Å². The topological polar surface area (TPSA) is 40.7 Å². The quantitative estimate of drug-likeness (QED) is 0.762. The van der Waals surface area contributed by atoms with Crippen molar-refractivity contribution in [1.82, 2.24) is 15.5 Å². The summed E-state index contributed by atoms with van der Waals surface area (Å²) in [4.78, 5) is 0. The zero-order chi connectivity index (χ0) is 10.8. The van der Waals surface area contributed by atoms with Crippen molar-refractivity contribution in [3.05, 3.63) is 17.0 Å². The lowest BCUT2D eigenvalue weighted by atomic mass is 10.1. The molecule has 1 fully saturated rings. The Kier molecular flexibility index (Phi) is 2.96. The second-order valence-electron chi connectivity index (χ2n) is 5.26. The van der Waals surface area contributed by atoms with E-state index in [1.165, 1.54) is 68.4 Å². The van der Waals surface area contributed by atoms with Crippen LogP contribution in [0.2, 0.25) is 0 Å². The van der Waals surface area contributed by atoms with Gasteiger partial charge in [-0.15, -0.1) is 0 Å². The minimum absolute atomic E-state index is 0.956. The first-order valence-electron chi connectivity index (χ1n) is 6.69. The van der Waals surface area contributed by atoms with Crippen LogP contribution in [0.25, 0.3) is 0 Å². The van der Waals surface area contributed by atoms with Crippen molar-refractivity contribution in [2.24, 2.45) is 5.92 Å². The third-order valence-corrected chi connectivity index (χ3v) is 3.81. The first kappa shape index (κ1) is 10.3. The average Bonchev–Trinajstić information content (AvgIpc) is 3.06. The van der Waals surface area contributed by atoms with Gasteiger partial charge in [0.15, 0.2) is 0 Å². The van der Waals surface area contributed by atoms with Crippen LogP contribution in [0.4, 0.5) is 0 Å². The third-order valence-electron chi connectivity index (χ3n) is 3.81. The van der Waals surface area contributed by atoms with Gasteiger partial charge < -0.3 is 5.32 Å². The molecule has 3 nitrogen and oxygen atoms in total. The van der Waals surface area contributed by atoms with E-state index in [-0.39, 0.29) is 0 Å². The first-order chi connectivity index (χ1) is 7.93. The molecule has 0 aliphatic heterocycles. The molecule has 2 aliphatic carbocycles. The lowest BCUT2D eigenvalue weighted by Crippen LogP contribution is -2.17. The Labute approximate surface area is 97.0 Å². The molecule has 0 spiro atoms. The molecule has 0 atom stereocenters. The van der Waals surface area contributed by atoms with Gasteiger partial charge in [0.25, 0.3) is 0 Å². The molecule has 1 saturated carbocycles. The third kappa shape index (κ3) is 2.29. The molecule has 88 valence electrons. The van der Waals surface area contributed by atoms with Crippen LogP contribution < -0.4 is 5.32 Å². The number of nitrogens with one attached hydrogen (secondary N) is 2. The van der Waals surface area contributed by atoms with Crippen LogP contribution in [-0.4, -0.2) is 16.7 Å². The highest BCUT2D eigenvalue weighted by atomic mass is 15.1. The molecule has 0 unspecified atom stereocenters. The number of rotatable bonds is 4. The number of nitrogens with zero attached hydrogens (tertiary/aromatic N) is 1. The fourth-order valence-corrected chi connectivity index (χ4v) is 2.59. The van der Waals surface area contributed by atoms with Crippen LogP contribution in [0, 0.1) is 5.92 Å². The summed E-state index contributed by atoms with van der Waals surface area (Å²) in [7, 11) is 0. The van der Waals surface area contributed by atoms with Crippen LogP contribution in [0.5, 0.6) is 0 Å². The molecule has 16 heavy (non-hydrogen) atoms. The van der Waals surface area contributed by atoms with Crippen LogP contribution in [0.1, 0.15) is 49.1 Å². The summed E-state index contributed by atoms with van der Waals surface area (Å²) in [5.74, 6) is 0.956. The number of fused-ring (bicyclic) bond motifs is 1. The standard InChI is InChI=1S/C13H21N3/c1-2-4-11-12(5-3-1)15-16-13(11)9-14-8-10-6-7-10/h10,14H,1-9H2,(H,15,16). The molecular formula is C13H21N3. The highest BCUT2D eigenvalue weighted by Crippen LogP contribution is 2.28. The van der Waals surface area contributed by atoms with E-state index in [1.54, 1.807) is 0 Å². The molecule has 3 heteroatoms. The van der Waals surface area contributed by atoms with E-state index < -0.39 is 0 Å². The predicted octanol–water partition coefficient (Wildman–Crippen LogP) is 2.18. The van der Waals surface area contributed by atoms with Gasteiger partial charge in [-0.1, -0.05) is 6.42 Å². The molecule has 0 amide bonds. The minimum atomic E-state index is 0.956. The van der Waals surface area contributed by atoms with Crippen molar-refractivity contribution in [2.75, 3.05) is 6.54 Å². The van der Waals surface area contributed by atoms with Gasteiger partial charge >= 0.3 is 0 Å². The van der Waals surface area contributed by atoms with Crippen LogP contribution in [-0.2, 0) is 19.4 Å². The number of aryl methyl sites for hydroxylation is 1. The molecule has 2 aliphatic rings. The highest BCUT2D eigenvalue weighted by molar-refractivity contribution is 5.26. The average molecular weight is 219 g/mol. The lowest BCUT2D eigenvalue weighted by Gasteiger charge is -2.03. The molecule has 0 saturated heterocycles. The van der Waals surface area contributed by atoms with E-state index in [0.29, 0.717) is 0 Å². The summed E-state index contributed by atoms with van der Waals surface area (Å²) < 4.78 is 0. The Morgan fingerprint density at radius 1 is 1.19 bits per heavy atom. The van der Waals surface area contributed by atoms with Gasteiger partial charge in [0.05, 0.1) is 5.69 Å². The van der Waals surface area contributed by atoms with Gasteiger partial charge in [-0.05, 0) is 56.6 Å². The lowest BCUT2D eigenvalue weighted by molar-refractivity contribution is 0.622. The van der Waals surface area contributed by atoms with E-state index in [4.69, 9.17) is 0 Å². The van der Waals surface area contributed by atoms with Gasteiger partial charge in [-0.3, -0.25) is 5.10 Å². The molecule has 0 radical (unpaired) electrons. The normalized spacial score (nSPS) is 20.5. The van der Waals surface area contributed by atoms with E-state index in [1.807, 2.05) is 0 Å². The summed E-state index contributed by atoms with van der Waals surface area (Å²) >= 11 is 0. The van der Waals surface area contributed by atoms with Crippen molar-refractivity contribution in [3.8, 4) is 0 Å².